The number of aryl methyl sites for hydroxylation is 1. The summed E-state index contributed by atoms with van der Waals surface area (Å²) >= 11 is 4.98. The van der Waals surface area contributed by atoms with E-state index in [1.165, 1.54) is 0 Å². The van der Waals surface area contributed by atoms with E-state index in [2.05, 4.69) is 16.5 Å². The lowest BCUT2D eigenvalue weighted by atomic mass is 10.1. The lowest BCUT2D eigenvalue weighted by Gasteiger charge is -2.28. The molecule has 0 amide bonds. The van der Waals surface area contributed by atoms with E-state index < -0.39 is 0 Å². The number of anilines is 1. The van der Waals surface area contributed by atoms with Gasteiger partial charge in [0.05, 0.1) is 13.2 Å². The third-order valence-corrected chi connectivity index (χ3v) is 3.01. The van der Waals surface area contributed by atoms with Gasteiger partial charge in [-0.25, -0.2) is 5.01 Å². The Hall–Kier alpha value is -1.17. The number of hydrogen-bond acceptors (Lipinski definition) is 4. The number of hydrogen-bond donors (Lipinski definition) is 2. The van der Waals surface area contributed by atoms with E-state index in [1.807, 2.05) is 19.1 Å². The number of rotatable bonds is 3. The SMILES string of the molecule is Cc1cc(NN2CCOCC2)ccc1C(N)=S. The molecule has 92 valence electrons. The number of thiocarbonyl (C=S) groups is 1. The van der Waals surface area contributed by atoms with Gasteiger partial charge in [-0.2, -0.15) is 0 Å². The van der Waals surface area contributed by atoms with Crippen LogP contribution in [0, 0.1) is 6.92 Å². The molecule has 1 aromatic carbocycles. The molecule has 0 saturated carbocycles. The van der Waals surface area contributed by atoms with Gasteiger partial charge in [-0.1, -0.05) is 12.2 Å². The largest absolute Gasteiger partial charge is 0.389 e. The van der Waals surface area contributed by atoms with Crippen molar-refractivity contribution in [2.75, 3.05) is 31.7 Å². The van der Waals surface area contributed by atoms with Crippen molar-refractivity contribution in [1.29, 1.82) is 0 Å². The third kappa shape index (κ3) is 3.15. The predicted molar refractivity (Wildman–Crippen MR) is 73.1 cm³/mol. The van der Waals surface area contributed by atoms with Gasteiger partial charge >= 0.3 is 0 Å². The van der Waals surface area contributed by atoms with Crippen LogP contribution < -0.4 is 11.2 Å². The van der Waals surface area contributed by atoms with Crippen LogP contribution in [-0.2, 0) is 4.74 Å². The number of ether oxygens (including phenoxy) is 1. The molecular formula is C12H17N3OS. The smallest absolute Gasteiger partial charge is 0.104 e. The van der Waals surface area contributed by atoms with Gasteiger partial charge < -0.3 is 15.9 Å². The lowest BCUT2D eigenvalue weighted by Crippen LogP contribution is -2.40. The van der Waals surface area contributed by atoms with Crippen LogP contribution in [0.15, 0.2) is 18.2 Å². The van der Waals surface area contributed by atoms with Crippen LogP contribution in [0.1, 0.15) is 11.1 Å². The van der Waals surface area contributed by atoms with Crippen molar-refractivity contribution in [2.45, 2.75) is 6.92 Å². The normalized spacial score (nSPS) is 16.8. The highest BCUT2D eigenvalue weighted by Crippen LogP contribution is 2.16. The minimum absolute atomic E-state index is 0.445. The predicted octanol–water partition coefficient (Wildman–Crippen LogP) is 1.29. The zero-order valence-electron chi connectivity index (χ0n) is 9.90. The summed E-state index contributed by atoms with van der Waals surface area (Å²) in [4.78, 5) is 0.445. The maximum absolute atomic E-state index is 5.63. The van der Waals surface area contributed by atoms with Gasteiger partial charge in [-0.05, 0) is 30.7 Å². The van der Waals surface area contributed by atoms with E-state index in [1.54, 1.807) is 0 Å². The number of nitrogens with one attached hydrogen (secondary N) is 1. The van der Waals surface area contributed by atoms with E-state index in [0.717, 1.165) is 43.1 Å². The fourth-order valence-corrected chi connectivity index (χ4v) is 2.10. The van der Waals surface area contributed by atoms with Crippen molar-refractivity contribution < 1.29 is 4.74 Å². The number of nitrogens with two attached hydrogens (primary N) is 1. The van der Waals surface area contributed by atoms with Crippen molar-refractivity contribution in [1.82, 2.24) is 5.01 Å². The standard InChI is InChI=1S/C12H17N3OS/c1-9-8-10(2-3-11(9)12(13)17)14-15-4-6-16-7-5-15/h2-3,8,14H,4-7H2,1H3,(H2,13,17). The Morgan fingerprint density at radius 3 is 2.71 bits per heavy atom. The molecule has 2 rings (SSSR count). The second kappa shape index (κ2) is 5.44. The molecule has 1 aliphatic rings. The highest BCUT2D eigenvalue weighted by molar-refractivity contribution is 7.80. The molecule has 1 heterocycles. The van der Waals surface area contributed by atoms with Gasteiger partial charge in [0.2, 0.25) is 0 Å². The first-order valence-corrected chi connectivity index (χ1v) is 6.07. The number of benzene rings is 1. The molecule has 5 heteroatoms. The molecule has 4 nitrogen and oxygen atoms in total. The van der Waals surface area contributed by atoms with E-state index in [4.69, 9.17) is 22.7 Å². The van der Waals surface area contributed by atoms with E-state index in [-0.39, 0.29) is 0 Å². The first-order valence-electron chi connectivity index (χ1n) is 5.66. The monoisotopic (exact) mass is 251 g/mol. The van der Waals surface area contributed by atoms with Crippen molar-refractivity contribution in [2.24, 2.45) is 5.73 Å². The molecule has 1 saturated heterocycles. The summed E-state index contributed by atoms with van der Waals surface area (Å²) in [5.74, 6) is 0. The molecule has 0 aliphatic carbocycles. The summed E-state index contributed by atoms with van der Waals surface area (Å²) in [7, 11) is 0. The molecule has 0 bridgehead atoms. The third-order valence-electron chi connectivity index (χ3n) is 2.79. The van der Waals surface area contributed by atoms with Crippen molar-refractivity contribution in [3.8, 4) is 0 Å². The second-order valence-electron chi connectivity index (χ2n) is 4.11. The van der Waals surface area contributed by atoms with Crippen LogP contribution >= 0.6 is 12.2 Å². The Morgan fingerprint density at radius 2 is 2.12 bits per heavy atom. The summed E-state index contributed by atoms with van der Waals surface area (Å²) in [6.45, 7) is 5.36. The molecule has 0 aromatic heterocycles. The Bertz CT molecular complexity index is 416. The molecule has 1 aliphatic heterocycles. The second-order valence-corrected chi connectivity index (χ2v) is 4.55. The van der Waals surface area contributed by atoms with Crippen molar-refractivity contribution >= 4 is 22.9 Å². The van der Waals surface area contributed by atoms with Crippen LogP contribution in [0.5, 0.6) is 0 Å². The minimum Gasteiger partial charge on any atom is -0.389 e. The quantitative estimate of drug-likeness (QED) is 0.793. The van der Waals surface area contributed by atoms with Gasteiger partial charge in [-0.3, -0.25) is 0 Å². The average Bonchev–Trinajstić information content (AvgIpc) is 2.30. The molecule has 1 aromatic rings. The molecule has 17 heavy (non-hydrogen) atoms. The molecule has 3 N–H and O–H groups in total. The molecule has 0 unspecified atom stereocenters. The van der Waals surface area contributed by atoms with Crippen LogP contribution in [-0.4, -0.2) is 36.3 Å². The summed E-state index contributed by atoms with van der Waals surface area (Å²) < 4.78 is 5.30. The number of nitrogens with zero attached hydrogens (tertiary/aromatic N) is 1. The number of hydrazine groups is 1. The lowest BCUT2D eigenvalue weighted by molar-refractivity contribution is 0.0497. The zero-order chi connectivity index (χ0) is 12.3. The molecule has 1 fully saturated rings. The van der Waals surface area contributed by atoms with Gasteiger partial charge in [-0.15, -0.1) is 0 Å². The maximum Gasteiger partial charge on any atom is 0.104 e. The van der Waals surface area contributed by atoms with Gasteiger partial charge in [0.15, 0.2) is 0 Å². The molecule has 0 radical (unpaired) electrons. The Morgan fingerprint density at radius 1 is 1.41 bits per heavy atom. The fourth-order valence-electron chi connectivity index (χ4n) is 1.87. The minimum atomic E-state index is 0.445. The summed E-state index contributed by atoms with van der Waals surface area (Å²) in [6.07, 6.45) is 0. The van der Waals surface area contributed by atoms with Gasteiger partial charge in [0.25, 0.3) is 0 Å². The highest BCUT2D eigenvalue weighted by atomic mass is 32.1. The van der Waals surface area contributed by atoms with Gasteiger partial charge in [0.1, 0.15) is 4.99 Å². The summed E-state index contributed by atoms with van der Waals surface area (Å²) in [5.41, 5.74) is 12.1. The van der Waals surface area contributed by atoms with E-state index in [0.29, 0.717) is 4.99 Å². The van der Waals surface area contributed by atoms with Crippen LogP contribution in [0.25, 0.3) is 0 Å². The topological polar surface area (TPSA) is 50.5 Å². The first-order chi connectivity index (χ1) is 8.16. The fraction of sp³-hybridized carbons (Fsp3) is 0.417. The Kier molecular flexibility index (Phi) is 3.93. The molecule has 0 spiro atoms. The first kappa shape index (κ1) is 12.3. The maximum atomic E-state index is 5.63. The van der Waals surface area contributed by atoms with Crippen molar-refractivity contribution in [3.63, 3.8) is 0 Å². The Balaban J connectivity index is 2.06. The van der Waals surface area contributed by atoms with Gasteiger partial charge in [0, 0.05) is 24.3 Å². The average molecular weight is 251 g/mol. The van der Waals surface area contributed by atoms with E-state index >= 15 is 0 Å². The number of morpholine rings is 1. The van der Waals surface area contributed by atoms with Crippen molar-refractivity contribution in [3.05, 3.63) is 29.3 Å². The van der Waals surface area contributed by atoms with Crippen LogP contribution in [0.4, 0.5) is 5.69 Å². The van der Waals surface area contributed by atoms with Crippen LogP contribution in [0.2, 0.25) is 0 Å². The summed E-state index contributed by atoms with van der Waals surface area (Å²) in [6, 6.07) is 6.02. The molecule has 0 atom stereocenters. The Labute approximate surface area is 107 Å². The highest BCUT2D eigenvalue weighted by Gasteiger charge is 2.10. The zero-order valence-corrected chi connectivity index (χ0v) is 10.7. The molecular weight excluding hydrogens is 234 g/mol. The summed E-state index contributed by atoms with van der Waals surface area (Å²) in [5, 5.41) is 2.15. The van der Waals surface area contributed by atoms with Crippen LogP contribution in [0.3, 0.4) is 0 Å². The van der Waals surface area contributed by atoms with E-state index in [9.17, 15) is 0 Å².